The Hall–Kier alpha value is -4.88. The molecule has 0 aliphatic carbocycles. The van der Waals surface area contributed by atoms with Gasteiger partial charge in [0.2, 0.25) is 6.71 Å². The molecule has 0 radical (unpaired) electrons. The molecule has 0 spiro atoms. The molecule has 0 aliphatic heterocycles. The second kappa shape index (κ2) is 10.6. The summed E-state index contributed by atoms with van der Waals surface area (Å²) in [5.41, 5.74) is 11.7. The summed E-state index contributed by atoms with van der Waals surface area (Å²) in [4.78, 5) is 0. The van der Waals surface area contributed by atoms with Crippen molar-refractivity contribution in [2.75, 3.05) is 0 Å². The lowest BCUT2D eigenvalue weighted by atomic mass is 9.34. The first-order valence-corrected chi connectivity index (χ1v) is 14.4. The van der Waals surface area contributed by atoms with Gasteiger partial charge in [0.1, 0.15) is 0 Å². The largest absolute Gasteiger partial charge is 0.243 e. The van der Waals surface area contributed by atoms with E-state index in [0.29, 0.717) is 0 Å². The van der Waals surface area contributed by atoms with E-state index in [9.17, 15) is 0 Å². The van der Waals surface area contributed by atoms with E-state index in [1.54, 1.807) is 0 Å². The summed E-state index contributed by atoms with van der Waals surface area (Å²) in [5, 5.41) is 5.21. The average molecular weight is 523 g/mol. The maximum atomic E-state index is 2.41. The van der Waals surface area contributed by atoms with Crippen molar-refractivity contribution in [1.82, 2.24) is 0 Å². The van der Waals surface area contributed by atoms with Gasteiger partial charge in [0, 0.05) is 0 Å². The minimum Gasteiger partial charge on any atom is -0.0680 e. The number of hydrogen-bond donors (Lipinski definition) is 0. The lowest BCUT2D eigenvalue weighted by Gasteiger charge is -2.24. The lowest BCUT2D eigenvalue weighted by molar-refractivity contribution is 1.52. The average Bonchev–Trinajstić information content (AvgIpc) is 3.04. The summed E-state index contributed by atoms with van der Waals surface area (Å²) in [6.45, 7) is 4.62. The van der Waals surface area contributed by atoms with Gasteiger partial charge in [0.25, 0.3) is 0 Å². The van der Waals surface area contributed by atoms with Crippen molar-refractivity contribution < 1.29 is 0 Å². The highest BCUT2D eigenvalue weighted by molar-refractivity contribution is 6.98. The van der Waals surface area contributed by atoms with Gasteiger partial charge in [0.15, 0.2) is 0 Å². The lowest BCUT2D eigenvalue weighted by Crippen LogP contribution is -2.54. The van der Waals surface area contributed by atoms with Crippen LogP contribution in [0.25, 0.3) is 43.8 Å². The van der Waals surface area contributed by atoms with Crippen molar-refractivity contribution in [3.63, 3.8) is 0 Å². The van der Waals surface area contributed by atoms with Crippen molar-refractivity contribution in [3.05, 3.63) is 163 Å². The quantitative estimate of drug-likeness (QED) is 0.199. The first-order valence-electron chi connectivity index (χ1n) is 14.4. The maximum Gasteiger partial charge on any atom is 0.243 e. The standard InChI is InChI=1S/C40H31B/c1-28-19-21-33-13-6-8-17-37(33)39(28)41(40-29(2)20-22-34-14-7-9-18-38(34)40)36-16-10-15-35(27-36)32-25-23-31(24-26-32)30-11-4-3-5-12-30/h3-27H,1-2H3. The molecular weight excluding hydrogens is 491 g/mol. The third kappa shape index (κ3) is 4.64. The van der Waals surface area contributed by atoms with Gasteiger partial charge in [-0.2, -0.15) is 0 Å². The van der Waals surface area contributed by atoms with Crippen molar-refractivity contribution in [3.8, 4) is 22.3 Å². The molecule has 1 heteroatoms. The van der Waals surface area contributed by atoms with Crippen molar-refractivity contribution >= 4 is 44.6 Å². The Bertz CT molecular complexity index is 1920. The van der Waals surface area contributed by atoms with E-state index >= 15 is 0 Å². The Labute approximate surface area is 243 Å². The third-order valence-corrected chi connectivity index (χ3v) is 8.50. The van der Waals surface area contributed by atoms with Crippen LogP contribution in [0.5, 0.6) is 0 Å². The van der Waals surface area contributed by atoms with Crippen molar-refractivity contribution in [2.24, 2.45) is 0 Å². The molecule has 0 aliphatic rings. The molecule has 0 N–H and O–H groups in total. The summed E-state index contributed by atoms with van der Waals surface area (Å²) in [6, 6.07) is 55.5. The van der Waals surface area contributed by atoms with Crippen LogP contribution >= 0.6 is 0 Å². The van der Waals surface area contributed by atoms with Crippen LogP contribution in [-0.2, 0) is 0 Å². The van der Waals surface area contributed by atoms with Gasteiger partial charge >= 0.3 is 0 Å². The molecule has 0 saturated carbocycles. The number of rotatable bonds is 5. The van der Waals surface area contributed by atoms with E-state index in [2.05, 4.69) is 166 Å². The Kier molecular flexibility index (Phi) is 6.49. The summed E-state index contributed by atoms with van der Waals surface area (Å²) in [6.07, 6.45) is 0. The molecule has 7 aromatic rings. The summed E-state index contributed by atoms with van der Waals surface area (Å²) >= 11 is 0. The number of benzene rings is 7. The van der Waals surface area contributed by atoms with Crippen LogP contribution in [0, 0.1) is 13.8 Å². The fourth-order valence-electron chi connectivity index (χ4n) is 6.44. The molecule has 0 saturated heterocycles. The third-order valence-electron chi connectivity index (χ3n) is 8.50. The molecule has 41 heavy (non-hydrogen) atoms. The van der Waals surface area contributed by atoms with Gasteiger partial charge in [-0.15, -0.1) is 0 Å². The SMILES string of the molecule is Cc1ccc2ccccc2c1B(c1cccc(-c2ccc(-c3ccccc3)cc2)c1)c1c(C)ccc2ccccc12. The van der Waals surface area contributed by atoms with Crippen LogP contribution in [0.4, 0.5) is 0 Å². The number of fused-ring (bicyclic) bond motifs is 2. The molecule has 7 rings (SSSR count). The van der Waals surface area contributed by atoms with Crippen LogP contribution in [0.2, 0.25) is 0 Å². The molecular formula is C40H31B. The van der Waals surface area contributed by atoms with Gasteiger partial charge < -0.3 is 0 Å². The summed E-state index contributed by atoms with van der Waals surface area (Å²) in [5.74, 6) is 0. The predicted molar refractivity (Wildman–Crippen MR) is 179 cm³/mol. The normalized spacial score (nSPS) is 11.2. The van der Waals surface area contributed by atoms with E-state index in [0.717, 1.165) is 0 Å². The minimum absolute atomic E-state index is 0.0933. The predicted octanol–water partition coefficient (Wildman–Crippen LogP) is 8.46. The highest BCUT2D eigenvalue weighted by Gasteiger charge is 2.28. The van der Waals surface area contributed by atoms with E-state index in [-0.39, 0.29) is 6.71 Å². The van der Waals surface area contributed by atoms with Crippen LogP contribution in [-0.4, -0.2) is 6.71 Å². The van der Waals surface area contributed by atoms with Gasteiger partial charge in [-0.05, 0) is 57.6 Å². The smallest absolute Gasteiger partial charge is 0.0680 e. The second-order valence-electron chi connectivity index (χ2n) is 11.0. The van der Waals surface area contributed by atoms with Crippen LogP contribution in [0.15, 0.2) is 152 Å². The Morgan fingerprint density at radius 1 is 0.366 bits per heavy atom. The van der Waals surface area contributed by atoms with E-state index in [4.69, 9.17) is 0 Å². The molecule has 0 heterocycles. The monoisotopic (exact) mass is 522 g/mol. The summed E-state index contributed by atoms with van der Waals surface area (Å²) < 4.78 is 0. The number of hydrogen-bond acceptors (Lipinski definition) is 0. The molecule has 0 amide bonds. The molecule has 0 nitrogen and oxygen atoms in total. The van der Waals surface area contributed by atoms with Crippen LogP contribution in [0.1, 0.15) is 11.1 Å². The first kappa shape index (κ1) is 25.1. The van der Waals surface area contributed by atoms with Gasteiger partial charge in [-0.25, -0.2) is 0 Å². The van der Waals surface area contributed by atoms with Crippen LogP contribution < -0.4 is 16.4 Å². The highest BCUT2D eigenvalue weighted by atomic mass is 14.1. The highest BCUT2D eigenvalue weighted by Crippen LogP contribution is 2.25. The maximum absolute atomic E-state index is 2.41. The molecule has 0 atom stereocenters. The minimum atomic E-state index is 0.0933. The zero-order chi connectivity index (χ0) is 27.8. The molecule has 0 unspecified atom stereocenters. The molecule has 0 fully saturated rings. The fraction of sp³-hybridized carbons (Fsp3) is 0.0500. The zero-order valence-corrected chi connectivity index (χ0v) is 23.5. The van der Waals surface area contributed by atoms with Crippen molar-refractivity contribution in [2.45, 2.75) is 13.8 Å². The Balaban J connectivity index is 1.44. The molecule has 194 valence electrons. The van der Waals surface area contributed by atoms with E-state index in [1.165, 1.54) is 71.3 Å². The van der Waals surface area contributed by atoms with Gasteiger partial charge in [0.05, 0.1) is 0 Å². The first-order chi connectivity index (χ1) is 20.2. The Morgan fingerprint density at radius 2 is 0.829 bits per heavy atom. The topological polar surface area (TPSA) is 0 Å². The van der Waals surface area contributed by atoms with Gasteiger partial charge in [-0.3, -0.25) is 0 Å². The van der Waals surface area contributed by atoms with Crippen LogP contribution in [0.3, 0.4) is 0 Å². The molecule has 0 bridgehead atoms. The van der Waals surface area contributed by atoms with E-state index in [1.807, 2.05) is 0 Å². The zero-order valence-electron chi connectivity index (χ0n) is 23.5. The second-order valence-corrected chi connectivity index (χ2v) is 11.0. The van der Waals surface area contributed by atoms with Gasteiger partial charge in [-0.1, -0.05) is 179 Å². The summed E-state index contributed by atoms with van der Waals surface area (Å²) in [7, 11) is 0. The molecule has 7 aromatic carbocycles. The van der Waals surface area contributed by atoms with E-state index < -0.39 is 0 Å². The van der Waals surface area contributed by atoms with Crippen molar-refractivity contribution in [1.29, 1.82) is 0 Å². The number of aryl methyl sites for hydroxylation is 2. The molecule has 0 aromatic heterocycles. The fourth-order valence-corrected chi connectivity index (χ4v) is 6.44. The Morgan fingerprint density at radius 3 is 1.41 bits per heavy atom.